The SMILES string of the molecule is O=C(COc1ccccc1F)N1N=C2/C(=C\c3ccc(F)cc3)CCC[C@@H]2[C@@H]1c1ccc(F)cc1. The zero-order valence-corrected chi connectivity index (χ0v) is 18.8. The number of ether oxygens (including phenoxy) is 1. The van der Waals surface area contributed by atoms with Crippen LogP contribution < -0.4 is 4.74 Å². The molecule has 2 aliphatic rings. The number of nitrogens with zero attached hydrogens (tertiary/aromatic N) is 2. The highest BCUT2D eigenvalue weighted by Crippen LogP contribution is 2.44. The van der Waals surface area contributed by atoms with Gasteiger partial charge in [0, 0.05) is 5.92 Å². The first-order chi connectivity index (χ1) is 17.0. The number of hydrogen-bond donors (Lipinski definition) is 0. The van der Waals surface area contributed by atoms with Crippen LogP contribution in [0.1, 0.15) is 36.4 Å². The molecule has 5 rings (SSSR count). The van der Waals surface area contributed by atoms with E-state index in [9.17, 15) is 18.0 Å². The summed E-state index contributed by atoms with van der Waals surface area (Å²) in [5.41, 5.74) is 3.37. The number of fused-ring (bicyclic) bond motifs is 1. The van der Waals surface area contributed by atoms with E-state index >= 15 is 0 Å². The number of carbonyl (C=O) groups is 1. The summed E-state index contributed by atoms with van der Waals surface area (Å²) >= 11 is 0. The number of carbonyl (C=O) groups excluding carboxylic acids is 1. The van der Waals surface area contributed by atoms with E-state index < -0.39 is 17.8 Å². The summed E-state index contributed by atoms with van der Waals surface area (Å²) in [4.78, 5) is 13.3. The highest BCUT2D eigenvalue weighted by atomic mass is 19.1. The van der Waals surface area contributed by atoms with E-state index in [-0.39, 0.29) is 29.9 Å². The fourth-order valence-electron chi connectivity index (χ4n) is 4.73. The molecule has 0 bridgehead atoms. The van der Waals surface area contributed by atoms with Gasteiger partial charge in [-0.1, -0.05) is 36.4 Å². The molecule has 1 fully saturated rings. The Morgan fingerprint density at radius 2 is 1.66 bits per heavy atom. The van der Waals surface area contributed by atoms with Crippen LogP contribution in [0.4, 0.5) is 13.2 Å². The normalized spacial score (nSPS) is 20.5. The predicted octanol–water partition coefficient (Wildman–Crippen LogP) is 6.31. The summed E-state index contributed by atoms with van der Waals surface area (Å²) in [6, 6.07) is 17.7. The van der Waals surface area contributed by atoms with E-state index in [1.54, 1.807) is 36.4 Å². The summed E-state index contributed by atoms with van der Waals surface area (Å²) < 4.78 is 46.4. The Labute approximate surface area is 201 Å². The minimum atomic E-state index is -0.554. The van der Waals surface area contributed by atoms with Crippen molar-refractivity contribution in [2.45, 2.75) is 25.3 Å². The quantitative estimate of drug-likeness (QED) is 0.433. The van der Waals surface area contributed by atoms with Crippen LogP contribution in [0, 0.1) is 23.4 Å². The molecule has 3 aromatic carbocycles. The molecule has 0 N–H and O–H groups in total. The van der Waals surface area contributed by atoms with Gasteiger partial charge in [0.05, 0.1) is 11.8 Å². The fraction of sp³-hybridized carbons (Fsp3) is 0.214. The summed E-state index contributed by atoms with van der Waals surface area (Å²) in [7, 11) is 0. The zero-order chi connectivity index (χ0) is 24.4. The molecule has 4 nitrogen and oxygen atoms in total. The monoisotopic (exact) mass is 476 g/mol. The van der Waals surface area contributed by atoms with Crippen molar-refractivity contribution in [1.29, 1.82) is 0 Å². The van der Waals surface area contributed by atoms with Gasteiger partial charge in [-0.2, -0.15) is 5.10 Å². The standard InChI is InChI=1S/C28H23F3N2O2/c29-21-12-8-18(9-13-21)16-20-4-3-5-23-27(20)32-33(28(23)19-10-14-22(30)15-11-19)26(34)17-35-25-7-2-1-6-24(25)31/h1-2,6-16,23,28H,3-5,17H2/b20-16-/t23-,28-/m0/s1. The first-order valence-electron chi connectivity index (χ1n) is 11.5. The lowest BCUT2D eigenvalue weighted by Gasteiger charge is -2.29. The van der Waals surface area contributed by atoms with Crippen molar-refractivity contribution in [2.75, 3.05) is 6.61 Å². The third-order valence-corrected chi connectivity index (χ3v) is 6.37. The fourth-order valence-corrected chi connectivity index (χ4v) is 4.73. The second-order valence-electron chi connectivity index (χ2n) is 8.66. The van der Waals surface area contributed by atoms with Crippen LogP contribution in [0.15, 0.2) is 83.5 Å². The molecule has 1 heterocycles. The largest absolute Gasteiger partial charge is 0.481 e. The molecule has 178 valence electrons. The van der Waals surface area contributed by atoms with Crippen LogP contribution in [0.25, 0.3) is 6.08 Å². The number of halogens is 3. The molecular formula is C28H23F3N2O2. The highest BCUT2D eigenvalue weighted by molar-refractivity contribution is 6.08. The molecule has 1 saturated carbocycles. The Morgan fingerprint density at radius 3 is 2.37 bits per heavy atom. The Bertz CT molecular complexity index is 1290. The number of amides is 1. The summed E-state index contributed by atoms with van der Waals surface area (Å²) in [6.07, 6.45) is 4.44. The Hall–Kier alpha value is -3.87. The first-order valence-corrected chi connectivity index (χ1v) is 11.5. The van der Waals surface area contributed by atoms with E-state index in [2.05, 4.69) is 0 Å². The summed E-state index contributed by atoms with van der Waals surface area (Å²) in [5, 5.41) is 6.10. The van der Waals surface area contributed by atoms with E-state index in [4.69, 9.17) is 9.84 Å². The van der Waals surface area contributed by atoms with Crippen molar-refractivity contribution in [3.8, 4) is 5.75 Å². The topological polar surface area (TPSA) is 41.9 Å². The van der Waals surface area contributed by atoms with E-state index in [1.165, 1.54) is 41.4 Å². The van der Waals surface area contributed by atoms with Gasteiger partial charge in [-0.25, -0.2) is 18.2 Å². The predicted molar refractivity (Wildman–Crippen MR) is 127 cm³/mol. The van der Waals surface area contributed by atoms with E-state index in [0.29, 0.717) is 0 Å². The third-order valence-electron chi connectivity index (χ3n) is 6.37. The van der Waals surface area contributed by atoms with Gasteiger partial charge in [-0.05, 0) is 78.4 Å². The molecule has 2 atom stereocenters. The second-order valence-corrected chi connectivity index (χ2v) is 8.66. The highest BCUT2D eigenvalue weighted by Gasteiger charge is 2.43. The molecule has 0 spiro atoms. The van der Waals surface area contributed by atoms with Gasteiger partial charge in [0.25, 0.3) is 5.91 Å². The lowest BCUT2D eigenvalue weighted by Crippen LogP contribution is -2.34. The average molecular weight is 476 g/mol. The maximum atomic E-state index is 14.0. The van der Waals surface area contributed by atoms with Crippen molar-refractivity contribution >= 4 is 17.7 Å². The molecule has 3 aromatic rings. The maximum absolute atomic E-state index is 14.0. The zero-order valence-electron chi connectivity index (χ0n) is 18.8. The van der Waals surface area contributed by atoms with Crippen LogP contribution in [0.2, 0.25) is 0 Å². The summed E-state index contributed by atoms with van der Waals surface area (Å²) in [6.45, 7) is -0.390. The average Bonchev–Trinajstić information content (AvgIpc) is 3.26. The van der Waals surface area contributed by atoms with Gasteiger partial charge in [0.2, 0.25) is 0 Å². The number of hydrogen-bond acceptors (Lipinski definition) is 3. The van der Waals surface area contributed by atoms with Crippen molar-refractivity contribution < 1.29 is 22.7 Å². The molecule has 7 heteroatoms. The lowest BCUT2D eigenvalue weighted by atomic mass is 9.77. The number of para-hydroxylation sites is 1. The number of allylic oxidation sites excluding steroid dienone is 1. The van der Waals surface area contributed by atoms with Crippen LogP contribution in [-0.4, -0.2) is 23.2 Å². The van der Waals surface area contributed by atoms with Gasteiger partial charge < -0.3 is 4.74 Å². The molecular weight excluding hydrogens is 453 g/mol. The molecule has 1 amide bonds. The first kappa shape index (κ1) is 22.9. The van der Waals surface area contributed by atoms with Gasteiger partial charge in [0.15, 0.2) is 18.2 Å². The van der Waals surface area contributed by atoms with Crippen molar-refractivity contribution in [1.82, 2.24) is 5.01 Å². The van der Waals surface area contributed by atoms with Crippen molar-refractivity contribution in [3.63, 3.8) is 0 Å². The Morgan fingerprint density at radius 1 is 0.971 bits per heavy atom. The van der Waals surface area contributed by atoms with Crippen LogP contribution in [0.3, 0.4) is 0 Å². The molecule has 0 unspecified atom stereocenters. The van der Waals surface area contributed by atoms with Gasteiger partial charge in [-0.3, -0.25) is 4.79 Å². The van der Waals surface area contributed by atoms with E-state index in [0.717, 1.165) is 41.7 Å². The molecule has 1 aliphatic heterocycles. The van der Waals surface area contributed by atoms with Gasteiger partial charge in [-0.15, -0.1) is 0 Å². The van der Waals surface area contributed by atoms with Gasteiger partial charge in [0.1, 0.15) is 11.6 Å². The summed E-state index contributed by atoms with van der Waals surface area (Å²) in [5.74, 6) is -1.75. The van der Waals surface area contributed by atoms with Crippen molar-refractivity contribution in [2.24, 2.45) is 11.0 Å². The molecule has 0 aromatic heterocycles. The Balaban J connectivity index is 1.47. The number of hydrazone groups is 1. The molecule has 0 saturated heterocycles. The lowest BCUT2D eigenvalue weighted by molar-refractivity contribution is -0.135. The van der Waals surface area contributed by atoms with E-state index in [1.807, 2.05) is 6.08 Å². The van der Waals surface area contributed by atoms with Crippen LogP contribution in [0.5, 0.6) is 5.75 Å². The maximum Gasteiger partial charge on any atom is 0.281 e. The second kappa shape index (κ2) is 9.78. The van der Waals surface area contributed by atoms with Crippen LogP contribution >= 0.6 is 0 Å². The van der Waals surface area contributed by atoms with Gasteiger partial charge >= 0.3 is 0 Å². The van der Waals surface area contributed by atoms with Crippen LogP contribution in [-0.2, 0) is 4.79 Å². The minimum absolute atomic E-state index is 0.0136. The molecule has 1 aliphatic carbocycles. The van der Waals surface area contributed by atoms with Crippen molar-refractivity contribution in [3.05, 3.63) is 107 Å². The molecule has 35 heavy (non-hydrogen) atoms. The third kappa shape index (κ3) is 4.85. The smallest absolute Gasteiger partial charge is 0.281 e. The number of benzene rings is 3. The Kier molecular flexibility index (Phi) is 6.40. The minimum Gasteiger partial charge on any atom is -0.481 e. The molecule has 0 radical (unpaired) electrons. The number of rotatable bonds is 5.